The Labute approximate surface area is 107 Å². The van der Waals surface area contributed by atoms with Crippen LogP contribution in [0.3, 0.4) is 0 Å². The van der Waals surface area contributed by atoms with Crippen molar-refractivity contribution in [3.63, 3.8) is 0 Å². The zero-order valence-electron chi connectivity index (χ0n) is 10.6. The van der Waals surface area contributed by atoms with Crippen LogP contribution in [0.25, 0.3) is 0 Å². The van der Waals surface area contributed by atoms with E-state index in [2.05, 4.69) is 0 Å². The lowest BCUT2D eigenvalue weighted by Gasteiger charge is -2.21. The van der Waals surface area contributed by atoms with Crippen LogP contribution in [0.5, 0.6) is 0 Å². The molecule has 0 saturated carbocycles. The van der Waals surface area contributed by atoms with Crippen molar-refractivity contribution < 1.29 is 14.7 Å². The number of aliphatic carboxylic acids is 1. The molecule has 1 aromatic rings. The van der Waals surface area contributed by atoms with Gasteiger partial charge in [-0.3, -0.25) is 9.59 Å². The molecule has 0 aliphatic carbocycles. The second-order valence-electron chi connectivity index (χ2n) is 4.19. The molecule has 98 valence electrons. The molecule has 1 N–H and O–H groups in total. The molecular formula is C14H19NO3. The number of benzene rings is 1. The average molecular weight is 249 g/mol. The van der Waals surface area contributed by atoms with Crippen LogP contribution < -0.4 is 0 Å². The van der Waals surface area contributed by atoms with Crippen LogP contribution in [0.2, 0.25) is 0 Å². The highest BCUT2D eigenvalue weighted by atomic mass is 16.4. The molecule has 0 atom stereocenters. The van der Waals surface area contributed by atoms with Crippen LogP contribution in [-0.2, 0) is 16.0 Å². The highest BCUT2D eigenvalue weighted by Gasteiger charge is 2.14. The van der Waals surface area contributed by atoms with Crippen LogP contribution in [0.15, 0.2) is 30.3 Å². The van der Waals surface area contributed by atoms with Crippen LogP contribution in [-0.4, -0.2) is 35.0 Å². The van der Waals surface area contributed by atoms with Crippen molar-refractivity contribution in [2.75, 3.05) is 13.1 Å². The molecule has 1 aromatic carbocycles. The number of hydrogen-bond donors (Lipinski definition) is 1. The van der Waals surface area contributed by atoms with Gasteiger partial charge in [-0.25, -0.2) is 0 Å². The molecule has 1 rings (SSSR count). The van der Waals surface area contributed by atoms with Gasteiger partial charge in [0, 0.05) is 13.1 Å². The monoisotopic (exact) mass is 249 g/mol. The molecule has 4 nitrogen and oxygen atoms in total. The Morgan fingerprint density at radius 2 is 1.83 bits per heavy atom. The minimum atomic E-state index is -0.872. The minimum Gasteiger partial charge on any atom is -0.481 e. The molecule has 0 aromatic heterocycles. The Hall–Kier alpha value is -1.84. The number of carbonyl (C=O) groups excluding carboxylic acids is 1. The van der Waals surface area contributed by atoms with E-state index in [1.165, 1.54) is 0 Å². The van der Waals surface area contributed by atoms with E-state index in [-0.39, 0.29) is 18.9 Å². The van der Waals surface area contributed by atoms with Gasteiger partial charge in [0.05, 0.1) is 12.8 Å². The molecule has 1 amide bonds. The van der Waals surface area contributed by atoms with Crippen molar-refractivity contribution in [2.45, 2.75) is 26.2 Å². The summed E-state index contributed by atoms with van der Waals surface area (Å²) in [7, 11) is 0. The van der Waals surface area contributed by atoms with E-state index >= 15 is 0 Å². The van der Waals surface area contributed by atoms with E-state index in [0.29, 0.717) is 13.0 Å². The molecule has 0 heterocycles. The standard InChI is InChI=1S/C14H19NO3/c1-2-9-15(10-8-14(17)18)13(16)11-12-6-4-3-5-7-12/h3-7H,2,8-11H2,1H3,(H,17,18). The quantitative estimate of drug-likeness (QED) is 0.803. The topological polar surface area (TPSA) is 57.6 Å². The van der Waals surface area contributed by atoms with Gasteiger partial charge in [-0.1, -0.05) is 37.3 Å². The van der Waals surface area contributed by atoms with Gasteiger partial charge in [-0.05, 0) is 12.0 Å². The van der Waals surface area contributed by atoms with Gasteiger partial charge in [0.25, 0.3) is 0 Å². The smallest absolute Gasteiger partial charge is 0.305 e. The normalized spacial score (nSPS) is 10.1. The zero-order valence-corrected chi connectivity index (χ0v) is 10.6. The van der Waals surface area contributed by atoms with Gasteiger partial charge in [0.15, 0.2) is 0 Å². The Bertz CT molecular complexity index is 389. The summed E-state index contributed by atoms with van der Waals surface area (Å²) in [5, 5.41) is 8.66. The second-order valence-corrected chi connectivity index (χ2v) is 4.19. The molecule has 0 spiro atoms. The molecule has 0 saturated heterocycles. The fraction of sp³-hybridized carbons (Fsp3) is 0.429. The first kappa shape index (κ1) is 14.2. The number of amides is 1. The SMILES string of the molecule is CCCN(CCC(=O)O)C(=O)Cc1ccccc1. The van der Waals surface area contributed by atoms with E-state index < -0.39 is 5.97 Å². The lowest BCUT2D eigenvalue weighted by Crippen LogP contribution is -2.34. The summed E-state index contributed by atoms with van der Waals surface area (Å²) in [6.07, 6.45) is 1.17. The van der Waals surface area contributed by atoms with Crippen LogP contribution >= 0.6 is 0 Å². The molecule has 4 heteroatoms. The average Bonchev–Trinajstić information content (AvgIpc) is 2.35. The van der Waals surface area contributed by atoms with E-state index in [1.807, 2.05) is 37.3 Å². The predicted octanol–water partition coefficient (Wildman–Crippen LogP) is 1.94. The lowest BCUT2D eigenvalue weighted by atomic mass is 10.1. The van der Waals surface area contributed by atoms with Crippen molar-refractivity contribution in [1.29, 1.82) is 0 Å². The summed E-state index contributed by atoms with van der Waals surface area (Å²) < 4.78 is 0. The first-order valence-electron chi connectivity index (χ1n) is 6.17. The van der Waals surface area contributed by atoms with Crippen LogP contribution in [0.1, 0.15) is 25.3 Å². The number of hydrogen-bond acceptors (Lipinski definition) is 2. The van der Waals surface area contributed by atoms with Gasteiger partial charge >= 0.3 is 5.97 Å². The maximum Gasteiger partial charge on any atom is 0.305 e. The third kappa shape index (κ3) is 4.99. The van der Waals surface area contributed by atoms with Gasteiger partial charge in [-0.15, -0.1) is 0 Å². The van der Waals surface area contributed by atoms with Gasteiger partial charge in [-0.2, -0.15) is 0 Å². The molecule has 0 fully saturated rings. The Balaban J connectivity index is 2.56. The highest BCUT2D eigenvalue weighted by molar-refractivity contribution is 5.79. The third-order valence-electron chi connectivity index (χ3n) is 2.64. The first-order chi connectivity index (χ1) is 8.63. The molecule has 0 aliphatic rings. The summed E-state index contributed by atoms with van der Waals surface area (Å²) in [5.41, 5.74) is 0.957. The maximum atomic E-state index is 12.0. The van der Waals surface area contributed by atoms with Crippen molar-refractivity contribution in [3.05, 3.63) is 35.9 Å². The molecule has 0 bridgehead atoms. The minimum absolute atomic E-state index is 0.000525. The van der Waals surface area contributed by atoms with Gasteiger partial charge in [0.1, 0.15) is 0 Å². The third-order valence-corrected chi connectivity index (χ3v) is 2.64. The molecule has 18 heavy (non-hydrogen) atoms. The molecule has 0 radical (unpaired) electrons. The van der Waals surface area contributed by atoms with E-state index in [1.54, 1.807) is 4.90 Å². The van der Waals surface area contributed by atoms with Crippen LogP contribution in [0, 0.1) is 0 Å². The van der Waals surface area contributed by atoms with Crippen LogP contribution in [0.4, 0.5) is 0 Å². The second kappa shape index (κ2) is 7.48. The van der Waals surface area contributed by atoms with Crippen molar-refractivity contribution in [3.8, 4) is 0 Å². The van der Waals surface area contributed by atoms with Gasteiger partial charge < -0.3 is 10.0 Å². The van der Waals surface area contributed by atoms with Crippen molar-refractivity contribution in [2.24, 2.45) is 0 Å². The van der Waals surface area contributed by atoms with Gasteiger partial charge in [0.2, 0.25) is 5.91 Å². The summed E-state index contributed by atoms with van der Waals surface area (Å²) in [4.78, 5) is 24.2. The predicted molar refractivity (Wildman–Crippen MR) is 69.3 cm³/mol. The molecule has 0 unspecified atom stereocenters. The largest absolute Gasteiger partial charge is 0.481 e. The van der Waals surface area contributed by atoms with E-state index in [9.17, 15) is 9.59 Å². The Kier molecular flexibility index (Phi) is 5.91. The lowest BCUT2D eigenvalue weighted by molar-refractivity contribution is -0.138. The number of rotatable bonds is 7. The van der Waals surface area contributed by atoms with Crippen molar-refractivity contribution in [1.82, 2.24) is 4.90 Å². The summed E-state index contributed by atoms with van der Waals surface area (Å²) in [6, 6.07) is 9.49. The number of nitrogens with zero attached hydrogens (tertiary/aromatic N) is 1. The van der Waals surface area contributed by atoms with E-state index in [4.69, 9.17) is 5.11 Å². The first-order valence-corrected chi connectivity index (χ1v) is 6.17. The molecule has 0 aliphatic heterocycles. The summed E-state index contributed by atoms with van der Waals surface area (Å²) in [6.45, 7) is 2.87. The van der Waals surface area contributed by atoms with E-state index in [0.717, 1.165) is 12.0 Å². The summed E-state index contributed by atoms with van der Waals surface area (Å²) >= 11 is 0. The molecular weight excluding hydrogens is 230 g/mol. The fourth-order valence-corrected chi connectivity index (χ4v) is 1.74. The number of carboxylic acids is 1. The maximum absolute atomic E-state index is 12.0. The number of carbonyl (C=O) groups is 2. The van der Waals surface area contributed by atoms with Crippen molar-refractivity contribution >= 4 is 11.9 Å². The Morgan fingerprint density at radius 1 is 1.17 bits per heavy atom. The highest BCUT2D eigenvalue weighted by Crippen LogP contribution is 2.04. The summed E-state index contributed by atoms with van der Waals surface area (Å²) in [5.74, 6) is -0.882. The Morgan fingerprint density at radius 3 is 2.39 bits per heavy atom. The number of carboxylic acid groups (broad SMARTS) is 1. The zero-order chi connectivity index (χ0) is 13.4. The fourth-order valence-electron chi connectivity index (χ4n) is 1.74.